The Kier molecular flexibility index (Phi) is 5.03. The first-order chi connectivity index (χ1) is 12.4. The summed E-state index contributed by atoms with van der Waals surface area (Å²) in [6.45, 7) is 7.72. The predicted octanol–water partition coefficient (Wildman–Crippen LogP) is 5.48. The molecule has 0 saturated heterocycles. The largest absolute Gasteiger partial charge is 0.269 e. The summed E-state index contributed by atoms with van der Waals surface area (Å²) in [4.78, 5) is 10.4. The molecule has 0 spiro atoms. The maximum Gasteiger partial charge on any atom is 0.269 e. The average molecular weight is 349 g/mol. The van der Waals surface area contributed by atoms with E-state index in [-0.39, 0.29) is 16.0 Å². The van der Waals surface area contributed by atoms with Gasteiger partial charge < -0.3 is 0 Å². The smallest absolute Gasteiger partial charge is 0.258 e. The number of allylic oxidation sites excluding steroid dienone is 1. The Bertz CT molecular complexity index is 877. The van der Waals surface area contributed by atoms with E-state index in [1.165, 1.54) is 17.0 Å². The monoisotopic (exact) mass is 349 g/mol. The number of hydrogen-bond donors (Lipinski definition) is 0. The van der Waals surface area contributed by atoms with Crippen molar-refractivity contribution in [1.29, 1.82) is 0 Å². The van der Waals surface area contributed by atoms with Crippen LogP contribution in [0.15, 0.2) is 54.6 Å². The van der Waals surface area contributed by atoms with Crippen LogP contribution in [0.1, 0.15) is 44.7 Å². The fraction of sp³-hybridized carbons (Fsp3) is 0.318. The molecular weight excluding hydrogens is 324 g/mol. The van der Waals surface area contributed by atoms with Crippen LogP contribution in [-0.4, -0.2) is 21.8 Å². The molecule has 4 nitrogen and oxygen atoms in total. The summed E-state index contributed by atoms with van der Waals surface area (Å²) in [5.41, 5.74) is 4.92. The van der Waals surface area contributed by atoms with Crippen LogP contribution in [0.5, 0.6) is 0 Å². The zero-order valence-corrected chi connectivity index (χ0v) is 15.6. The third-order valence-corrected chi connectivity index (χ3v) is 5.07. The molecule has 0 aromatic heterocycles. The van der Waals surface area contributed by atoms with Crippen LogP contribution >= 0.6 is 0 Å². The highest BCUT2D eigenvalue weighted by Crippen LogP contribution is 2.40. The van der Waals surface area contributed by atoms with Crippen molar-refractivity contribution in [2.24, 2.45) is 0 Å². The van der Waals surface area contributed by atoms with Crippen LogP contribution in [0.2, 0.25) is 0 Å². The summed E-state index contributed by atoms with van der Waals surface area (Å²) in [6, 6.07) is 15.3. The first-order valence-corrected chi connectivity index (χ1v) is 9.12. The maximum atomic E-state index is 10.8. The minimum atomic E-state index is -0.370. The highest BCUT2D eigenvalue weighted by atomic mass is 16.6. The molecule has 134 valence electrons. The van der Waals surface area contributed by atoms with Gasteiger partial charge in [-0.2, -0.15) is 4.58 Å². The van der Waals surface area contributed by atoms with Crippen LogP contribution in [-0.2, 0) is 5.41 Å². The van der Waals surface area contributed by atoms with Gasteiger partial charge >= 0.3 is 0 Å². The topological polar surface area (TPSA) is 46.1 Å². The molecule has 2 aromatic carbocycles. The van der Waals surface area contributed by atoms with Crippen molar-refractivity contribution in [3.8, 4) is 0 Å². The zero-order chi connectivity index (χ0) is 18.7. The molecule has 26 heavy (non-hydrogen) atoms. The lowest BCUT2D eigenvalue weighted by molar-refractivity contribution is -0.438. The zero-order valence-electron chi connectivity index (χ0n) is 15.6. The molecule has 0 fully saturated rings. The van der Waals surface area contributed by atoms with E-state index < -0.39 is 0 Å². The number of nitro groups is 1. The number of hydrogen-bond acceptors (Lipinski definition) is 2. The van der Waals surface area contributed by atoms with Crippen molar-refractivity contribution in [1.82, 2.24) is 0 Å². The molecule has 0 saturated carbocycles. The highest BCUT2D eigenvalue weighted by Gasteiger charge is 2.43. The summed E-state index contributed by atoms with van der Waals surface area (Å²) in [6.07, 6.45) is 6.50. The molecule has 0 unspecified atom stereocenters. The summed E-state index contributed by atoms with van der Waals surface area (Å²) >= 11 is 0. The Labute approximate surface area is 154 Å². The third kappa shape index (κ3) is 3.32. The molecule has 0 radical (unpaired) electrons. The molecule has 3 rings (SSSR count). The summed E-state index contributed by atoms with van der Waals surface area (Å²) in [5, 5.41) is 10.8. The van der Waals surface area contributed by atoms with Crippen LogP contribution in [0.4, 0.5) is 11.4 Å². The summed E-state index contributed by atoms with van der Waals surface area (Å²) in [7, 11) is 0. The summed E-state index contributed by atoms with van der Waals surface area (Å²) in [5.74, 6) is 0. The van der Waals surface area contributed by atoms with E-state index in [2.05, 4.69) is 55.7 Å². The fourth-order valence-electron chi connectivity index (χ4n) is 3.58. The molecule has 0 atom stereocenters. The van der Waals surface area contributed by atoms with Gasteiger partial charge in [-0.1, -0.05) is 31.5 Å². The Hall–Kier alpha value is -2.75. The SMILES string of the molecule is CCCC[N+]1=C(C=Cc2ccc([N+](=O)[O-])cc2)C(C)(C)c2ccccc21. The molecular formula is C22H25N2O2+. The number of para-hydroxylation sites is 1. The number of rotatable bonds is 6. The molecule has 1 heterocycles. The molecule has 4 heteroatoms. The molecule has 0 N–H and O–H groups in total. The van der Waals surface area contributed by atoms with Gasteiger partial charge in [0.2, 0.25) is 5.69 Å². The standard InChI is InChI=1S/C22H25N2O2/c1-4-5-16-23-20-9-7-6-8-19(20)22(2,3)21(23)15-12-17-10-13-18(14-11-17)24(25)26/h6-15H,4-5,16H2,1-3H3/q+1. The van der Waals surface area contributed by atoms with Crippen LogP contribution in [0.3, 0.4) is 0 Å². The van der Waals surface area contributed by atoms with Gasteiger partial charge in [0, 0.05) is 36.3 Å². The first kappa shape index (κ1) is 18.1. The maximum absolute atomic E-state index is 10.8. The second kappa shape index (κ2) is 7.24. The molecule has 1 aliphatic heterocycles. The number of unbranched alkanes of at least 4 members (excludes halogenated alkanes) is 1. The van der Waals surface area contributed by atoms with Gasteiger partial charge in [-0.3, -0.25) is 10.1 Å². The lowest BCUT2D eigenvalue weighted by Crippen LogP contribution is -2.27. The lowest BCUT2D eigenvalue weighted by atomic mass is 9.81. The Morgan fingerprint density at radius 2 is 1.77 bits per heavy atom. The molecule has 0 aliphatic carbocycles. The number of nitro benzene ring substituents is 1. The van der Waals surface area contributed by atoms with Gasteiger partial charge in [0.15, 0.2) is 5.71 Å². The predicted molar refractivity (Wildman–Crippen MR) is 106 cm³/mol. The first-order valence-electron chi connectivity index (χ1n) is 9.12. The van der Waals surface area contributed by atoms with Gasteiger partial charge in [0.1, 0.15) is 6.54 Å². The van der Waals surface area contributed by atoms with Crippen LogP contribution in [0.25, 0.3) is 6.08 Å². The van der Waals surface area contributed by atoms with E-state index in [4.69, 9.17) is 0 Å². The van der Waals surface area contributed by atoms with Gasteiger partial charge in [-0.25, -0.2) is 0 Å². The van der Waals surface area contributed by atoms with Crippen molar-refractivity contribution in [3.63, 3.8) is 0 Å². The van der Waals surface area contributed by atoms with Crippen molar-refractivity contribution < 1.29 is 9.50 Å². The minimum absolute atomic E-state index is 0.0678. The van der Waals surface area contributed by atoms with Gasteiger partial charge in [-0.05, 0) is 37.6 Å². The van der Waals surface area contributed by atoms with Crippen LogP contribution in [0, 0.1) is 10.1 Å². The Balaban J connectivity index is 1.98. The Morgan fingerprint density at radius 1 is 1.08 bits per heavy atom. The quantitative estimate of drug-likeness (QED) is 0.393. The molecule has 0 bridgehead atoms. The number of nitrogens with zero attached hydrogens (tertiary/aromatic N) is 2. The normalized spacial score (nSPS) is 15.5. The second-order valence-electron chi connectivity index (χ2n) is 7.21. The highest BCUT2D eigenvalue weighted by molar-refractivity contribution is 6.05. The minimum Gasteiger partial charge on any atom is -0.258 e. The van der Waals surface area contributed by atoms with Crippen LogP contribution < -0.4 is 0 Å². The molecule has 1 aliphatic rings. The van der Waals surface area contributed by atoms with Crippen molar-refractivity contribution in [2.45, 2.75) is 39.0 Å². The van der Waals surface area contributed by atoms with E-state index in [1.54, 1.807) is 24.3 Å². The van der Waals surface area contributed by atoms with Gasteiger partial charge in [0.25, 0.3) is 5.69 Å². The molecule has 0 amide bonds. The third-order valence-electron chi connectivity index (χ3n) is 5.07. The van der Waals surface area contributed by atoms with E-state index in [0.717, 1.165) is 24.9 Å². The van der Waals surface area contributed by atoms with E-state index in [1.807, 2.05) is 6.08 Å². The van der Waals surface area contributed by atoms with E-state index in [0.29, 0.717) is 0 Å². The van der Waals surface area contributed by atoms with Gasteiger partial charge in [-0.15, -0.1) is 0 Å². The number of fused-ring (bicyclic) bond motifs is 1. The van der Waals surface area contributed by atoms with Crippen molar-refractivity contribution in [3.05, 3.63) is 75.8 Å². The van der Waals surface area contributed by atoms with E-state index >= 15 is 0 Å². The summed E-state index contributed by atoms with van der Waals surface area (Å²) < 4.78 is 2.42. The fourth-order valence-corrected chi connectivity index (χ4v) is 3.58. The second-order valence-corrected chi connectivity index (χ2v) is 7.21. The van der Waals surface area contributed by atoms with E-state index in [9.17, 15) is 10.1 Å². The average Bonchev–Trinajstić information content (AvgIpc) is 2.85. The number of non-ortho nitro benzene ring substituents is 1. The lowest BCUT2D eigenvalue weighted by Gasteiger charge is -2.15. The molecule has 2 aromatic rings. The Morgan fingerprint density at radius 3 is 2.42 bits per heavy atom. The number of benzene rings is 2. The van der Waals surface area contributed by atoms with Gasteiger partial charge in [0.05, 0.1) is 10.3 Å². The van der Waals surface area contributed by atoms with Crippen molar-refractivity contribution >= 4 is 23.2 Å². The van der Waals surface area contributed by atoms with Crippen molar-refractivity contribution in [2.75, 3.05) is 6.54 Å².